The van der Waals surface area contributed by atoms with E-state index in [2.05, 4.69) is 0 Å². The summed E-state index contributed by atoms with van der Waals surface area (Å²) in [4.78, 5) is 42.8. The second-order valence-electron chi connectivity index (χ2n) is 7.68. The van der Waals surface area contributed by atoms with Crippen molar-refractivity contribution in [3.8, 4) is 11.5 Å². The van der Waals surface area contributed by atoms with Crippen molar-refractivity contribution in [3.05, 3.63) is 53.6 Å². The van der Waals surface area contributed by atoms with Crippen molar-refractivity contribution in [1.29, 1.82) is 0 Å². The van der Waals surface area contributed by atoms with Crippen molar-refractivity contribution < 1.29 is 23.9 Å². The number of hydrogen-bond donors (Lipinski definition) is 0. The third-order valence-corrected chi connectivity index (χ3v) is 5.60. The molecular formula is C23H25N3O5. The molecule has 2 aromatic carbocycles. The summed E-state index contributed by atoms with van der Waals surface area (Å²) in [5.41, 5.74) is 2.58. The van der Waals surface area contributed by atoms with Gasteiger partial charge in [-0.05, 0) is 50.6 Å². The summed E-state index contributed by atoms with van der Waals surface area (Å²) in [6.45, 7) is 6.18. The Kier molecular flexibility index (Phi) is 5.54. The molecule has 0 saturated carbocycles. The van der Waals surface area contributed by atoms with Gasteiger partial charge in [0.1, 0.15) is 12.6 Å². The fourth-order valence-corrected chi connectivity index (χ4v) is 3.78. The molecule has 0 N–H and O–H groups in total. The van der Waals surface area contributed by atoms with E-state index in [0.29, 0.717) is 30.3 Å². The number of ether oxygens (including phenoxy) is 2. The zero-order valence-corrected chi connectivity index (χ0v) is 17.8. The smallest absolute Gasteiger partial charge is 0.332 e. The lowest BCUT2D eigenvalue weighted by molar-refractivity contribution is -0.137. The zero-order valence-electron chi connectivity index (χ0n) is 17.8. The number of carbonyl (C=O) groups is 3. The van der Waals surface area contributed by atoms with Crippen LogP contribution in [0.15, 0.2) is 42.5 Å². The molecule has 0 bridgehead atoms. The third kappa shape index (κ3) is 3.93. The standard InChI is InChI=1S/C23H25N3O5/c1-4-24(12-17-7-10-19-20(11-17)31-14-30-19)21(27)13-25-22(28)16(3)26(23(25)29)18-8-5-15(2)6-9-18/h5-11,16H,4,12-14H2,1-3H3/t16-/m1/s1. The number of amides is 4. The van der Waals surface area contributed by atoms with Gasteiger partial charge in [-0.2, -0.15) is 0 Å². The van der Waals surface area contributed by atoms with Crippen molar-refractivity contribution in [3.63, 3.8) is 0 Å². The first kappa shape index (κ1) is 20.7. The molecule has 8 heteroatoms. The first-order valence-corrected chi connectivity index (χ1v) is 10.3. The highest BCUT2D eigenvalue weighted by molar-refractivity contribution is 6.15. The molecule has 2 aliphatic heterocycles. The summed E-state index contributed by atoms with van der Waals surface area (Å²) in [5.74, 6) is 0.655. The Bertz CT molecular complexity index is 1020. The fourth-order valence-electron chi connectivity index (χ4n) is 3.78. The molecule has 1 saturated heterocycles. The Hall–Kier alpha value is -3.55. The van der Waals surface area contributed by atoms with Crippen LogP contribution in [0.1, 0.15) is 25.0 Å². The molecule has 8 nitrogen and oxygen atoms in total. The van der Waals surface area contributed by atoms with Crippen LogP contribution in [-0.2, 0) is 16.1 Å². The van der Waals surface area contributed by atoms with E-state index in [-0.39, 0.29) is 25.2 Å². The Morgan fingerprint density at radius 3 is 2.52 bits per heavy atom. The summed E-state index contributed by atoms with van der Waals surface area (Å²) in [6.07, 6.45) is 0. The summed E-state index contributed by atoms with van der Waals surface area (Å²) < 4.78 is 10.7. The highest BCUT2D eigenvalue weighted by Crippen LogP contribution is 2.33. The van der Waals surface area contributed by atoms with Crippen molar-refractivity contribution in [1.82, 2.24) is 9.80 Å². The molecule has 31 heavy (non-hydrogen) atoms. The maximum atomic E-state index is 13.0. The molecule has 0 aromatic heterocycles. The molecule has 0 aliphatic carbocycles. The largest absolute Gasteiger partial charge is 0.454 e. The minimum absolute atomic E-state index is 0.185. The molecule has 0 radical (unpaired) electrons. The predicted molar refractivity (Wildman–Crippen MR) is 114 cm³/mol. The van der Waals surface area contributed by atoms with Crippen LogP contribution < -0.4 is 14.4 Å². The van der Waals surface area contributed by atoms with Gasteiger partial charge in [0, 0.05) is 18.8 Å². The molecular weight excluding hydrogens is 398 g/mol. The number of rotatable bonds is 6. The van der Waals surface area contributed by atoms with Gasteiger partial charge in [0.15, 0.2) is 11.5 Å². The fraction of sp³-hybridized carbons (Fsp3) is 0.348. The highest BCUT2D eigenvalue weighted by Gasteiger charge is 2.44. The maximum absolute atomic E-state index is 13.0. The summed E-state index contributed by atoms with van der Waals surface area (Å²) in [7, 11) is 0. The Morgan fingerprint density at radius 1 is 1.10 bits per heavy atom. The van der Waals surface area contributed by atoms with Crippen LogP contribution in [-0.4, -0.2) is 53.6 Å². The molecule has 1 atom stereocenters. The number of imide groups is 1. The van der Waals surface area contributed by atoms with Gasteiger partial charge in [0.2, 0.25) is 12.7 Å². The molecule has 0 spiro atoms. The minimum Gasteiger partial charge on any atom is -0.454 e. The zero-order chi connectivity index (χ0) is 22.1. The van der Waals surface area contributed by atoms with Gasteiger partial charge in [-0.15, -0.1) is 0 Å². The molecule has 1 fully saturated rings. The highest BCUT2D eigenvalue weighted by atomic mass is 16.7. The summed E-state index contributed by atoms with van der Waals surface area (Å²) >= 11 is 0. The Balaban J connectivity index is 1.46. The number of benzene rings is 2. The first-order valence-electron chi connectivity index (χ1n) is 10.3. The molecule has 4 rings (SSSR count). The van der Waals surface area contributed by atoms with Crippen molar-refractivity contribution in [2.75, 3.05) is 24.8 Å². The number of nitrogens with zero attached hydrogens (tertiary/aromatic N) is 3. The average Bonchev–Trinajstić information content (AvgIpc) is 3.31. The number of hydrogen-bond acceptors (Lipinski definition) is 5. The van der Waals surface area contributed by atoms with Crippen LogP contribution >= 0.6 is 0 Å². The molecule has 2 aliphatic rings. The number of urea groups is 1. The maximum Gasteiger partial charge on any atom is 0.332 e. The lowest BCUT2D eigenvalue weighted by Gasteiger charge is -2.24. The van der Waals surface area contributed by atoms with Crippen LogP contribution in [0.4, 0.5) is 10.5 Å². The number of anilines is 1. The van der Waals surface area contributed by atoms with Crippen LogP contribution in [0, 0.1) is 6.92 Å². The van der Waals surface area contributed by atoms with Crippen molar-refractivity contribution in [2.24, 2.45) is 0 Å². The Morgan fingerprint density at radius 2 is 1.81 bits per heavy atom. The molecule has 162 valence electrons. The van der Waals surface area contributed by atoms with Gasteiger partial charge in [0.05, 0.1) is 0 Å². The van der Waals surface area contributed by atoms with Gasteiger partial charge in [-0.25, -0.2) is 4.79 Å². The number of carbonyl (C=O) groups excluding carboxylic acids is 3. The summed E-state index contributed by atoms with van der Waals surface area (Å²) in [5, 5.41) is 0. The van der Waals surface area contributed by atoms with E-state index in [1.54, 1.807) is 24.0 Å². The van der Waals surface area contributed by atoms with E-state index in [1.165, 1.54) is 4.90 Å². The van der Waals surface area contributed by atoms with Gasteiger partial charge < -0.3 is 14.4 Å². The molecule has 2 heterocycles. The Labute approximate surface area is 180 Å². The van der Waals surface area contributed by atoms with Crippen LogP contribution in [0.5, 0.6) is 11.5 Å². The quantitative estimate of drug-likeness (QED) is 0.668. The van der Waals surface area contributed by atoms with Gasteiger partial charge in [-0.1, -0.05) is 23.8 Å². The van der Waals surface area contributed by atoms with Crippen LogP contribution in [0.3, 0.4) is 0 Å². The van der Waals surface area contributed by atoms with E-state index < -0.39 is 12.1 Å². The third-order valence-electron chi connectivity index (χ3n) is 5.60. The van der Waals surface area contributed by atoms with Gasteiger partial charge in [-0.3, -0.25) is 19.4 Å². The van der Waals surface area contributed by atoms with E-state index in [9.17, 15) is 14.4 Å². The van der Waals surface area contributed by atoms with Gasteiger partial charge in [0.25, 0.3) is 5.91 Å². The molecule has 4 amide bonds. The SMILES string of the molecule is CCN(Cc1ccc2c(c1)OCO2)C(=O)CN1C(=O)[C@@H](C)N(c2ccc(C)cc2)C1=O. The lowest BCUT2D eigenvalue weighted by Crippen LogP contribution is -2.43. The van der Waals surface area contributed by atoms with E-state index in [1.807, 2.05) is 44.2 Å². The minimum atomic E-state index is -0.660. The average molecular weight is 423 g/mol. The van der Waals surface area contributed by atoms with Crippen molar-refractivity contribution in [2.45, 2.75) is 33.4 Å². The number of fused-ring (bicyclic) bond motifs is 1. The number of likely N-dealkylation sites (N-methyl/N-ethyl adjacent to an activating group) is 1. The van der Waals surface area contributed by atoms with Crippen molar-refractivity contribution >= 4 is 23.5 Å². The lowest BCUT2D eigenvalue weighted by atomic mass is 10.2. The second kappa shape index (κ2) is 8.29. The topological polar surface area (TPSA) is 79.4 Å². The molecule has 0 unspecified atom stereocenters. The van der Waals surface area contributed by atoms with E-state index in [0.717, 1.165) is 16.0 Å². The number of aryl methyl sites for hydroxylation is 1. The van der Waals surface area contributed by atoms with E-state index >= 15 is 0 Å². The van der Waals surface area contributed by atoms with Crippen LogP contribution in [0.25, 0.3) is 0 Å². The van der Waals surface area contributed by atoms with Crippen LogP contribution in [0.2, 0.25) is 0 Å². The van der Waals surface area contributed by atoms with Gasteiger partial charge >= 0.3 is 6.03 Å². The first-order chi connectivity index (χ1) is 14.9. The monoisotopic (exact) mass is 423 g/mol. The molecule has 2 aromatic rings. The second-order valence-corrected chi connectivity index (χ2v) is 7.68. The normalized spacial score (nSPS) is 17.5. The summed E-state index contributed by atoms with van der Waals surface area (Å²) in [6, 6.07) is 11.8. The van der Waals surface area contributed by atoms with E-state index in [4.69, 9.17) is 9.47 Å². The predicted octanol–water partition coefficient (Wildman–Crippen LogP) is 2.93.